The van der Waals surface area contributed by atoms with E-state index in [4.69, 9.17) is 0 Å². The van der Waals surface area contributed by atoms with Gasteiger partial charge in [-0.25, -0.2) is 0 Å². The summed E-state index contributed by atoms with van der Waals surface area (Å²) in [7, 11) is 0. The molecule has 0 aliphatic heterocycles. The summed E-state index contributed by atoms with van der Waals surface area (Å²) >= 11 is 3.55. The molecule has 94 valence electrons. The first-order valence-corrected chi connectivity index (χ1v) is 7.38. The standard InChI is InChI=1S/C15H22BrN/c1-10-4-7-15(12(3)8-10)17-13-5-6-14(16)11(2)9-13/h5-6,9-10,12,15,17H,4,7-8H2,1-3H3. The van der Waals surface area contributed by atoms with E-state index in [-0.39, 0.29) is 0 Å². The van der Waals surface area contributed by atoms with E-state index in [1.54, 1.807) is 0 Å². The van der Waals surface area contributed by atoms with E-state index >= 15 is 0 Å². The first-order chi connectivity index (χ1) is 8.06. The summed E-state index contributed by atoms with van der Waals surface area (Å²) in [5.41, 5.74) is 2.56. The summed E-state index contributed by atoms with van der Waals surface area (Å²) in [6, 6.07) is 7.18. The molecule has 0 spiro atoms. The van der Waals surface area contributed by atoms with Gasteiger partial charge in [-0.05, 0) is 61.8 Å². The fourth-order valence-corrected chi connectivity index (χ4v) is 3.07. The third kappa shape index (κ3) is 3.25. The van der Waals surface area contributed by atoms with Crippen molar-refractivity contribution in [2.75, 3.05) is 5.32 Å². The molecule has 0 saturated heterocycles. The lowest BCUT2D eigenvalue weighted by Gasteiger charge is -2.34. The summed E-state index contributed by atoms with van der Waals surface area (Å²) in [4.78, 5) is 0. The average Bonchev–Trinajstić information content (AvgIpc) is 2.27. The second-order valence-corrected chi connectivity index (χ2v) is 6.46. The number of hydrogen-bond donors (Lipinski definition) is 1. The van der Waals surface area contributed by atoms with E-state index in [0.717, 1.165) is 11.8 Å². The molecule has 1 aliphatic carbocycles. The lowest BCUT2D eigenvalue weighted by atomic mass is 9.80. The van der Waals surface area contributed by atoms with Crippen LogP contribution in [-0.2, 0) is 0 Å². The molecule has 17 heavy (non-hydrogen) atoms. The third-order valence-corrected chi connectivity index (χ3v) is 4.83. The number of rotatable bonds is 2. The zero-order valence-corrected chi connectivity index (χ0v) is 12.5. The fourth-order valence-electron chi connectivity index (χ4n) is 2.83. The predicted octanol–water partition coefficient (Wildman–Crippen LogP) is 4.99. The third-order valence-electron chi connectivity index (χ3n) is 3.94. The van der Waals surface area contributed by atoms with Crippen LogP contribution in [0.2, 0.25) is 0 Å². The smallest absolute Gasteiger partial charge is 0.0345 e. The number of halogens is 1. The Morgan fingerprint density at radius 1 is 1.24 bits per heavy atom. The van der Waals surface area contributed by atoms with E-state index in [1.807, 2.05) is 0 Å². The van der Waals surface area contributed by atoms with Gasteiger partial charge in [0.1, 0.15) is 0 Å². The van der Waals surface area contributed by atoms with E-state index in [0.29, 0.717) is 6.04 Å². The van der Waals surface area contributed by atoms with Crippen molar-refractivity contribution in [2.45, 2.75) is 46.1 Å². The Labute approximate surface area is 113 Å². The van der Waals surface area contributed by atoms with Crippen LogP contribution < -0.4 is 5.32 Å². The summed E-state index contributed by atoms with van der Waals surface area (Å²) in [5.74, 6) is 1.68. The number of aryl methyl sites for hydroxylation is 1. The van der Waals surface area contributed by atoms with Crippen molar-refractivity contribution in [3.05, 3.63) is 28.2 Å². The van der Waals surface area contributed by atoms with Gasteiger partial charge in [0.15, 0.2) is 0 Å². The summed E-state index contributed by atoms with van der Waals surface area (Å²) in [5, 5.41) is 3.70. The maximum atomic E-state index is 3.70. The molecule has 3 atom stereocenters. The Hall–Kier alpha value is -0.500. The van der Waals surface area contributed by atoms with Crippen molar-refractivity contribution in [1.29, 1.82) is 0 Å². The number of anilines is 1. The lowest BCUT2D eigenvalue weighted by molar-refractivity contribution is 0.276. The summed E-state index contributed by atoms with van der Waals surface area (Å²) in [6.45, 7) is 6.89. The second kappa shape index (κ2) is 5.43. The molecule has 2 rings (SSSR count). The van der Waals surface area contributed by atoms with Gasteiger partial charge in [0.05, 0.1) is 0 Å². The van der Waals surface area contributed by atoms with E-state index < -0.39 is 0 Å². The minimum Gasteiger partial charge on any atom is -0.382 e. The predicted molar refractivity (Wildman–Crippen MR) is 78.5 cm³/mol. The van der Waals surface area contributed by atoms with Crippen LogP contribution in [0.15, 0.2) is 22.7 Å². The van der Waals surface area contributed by atoms with Crippen LogP contribution in [0, 0.1) is 18.8 Å². The van der Waals surface area contributed by atoms with Crippen molar-refractivity contribution in [3.8, 4) is 0 Å². The van der Waals surface area contributed by atoms with Crippen LogP contribution in [0.5, 0.6) is 0 Å². The minimum atomic E-state index is 0.645. The van der Waals surface area contributed by atoms with E-state index in [9.17, 15) is 0 Å². The highest BCUT2D eigenvalue weighted by Gasteiger charge is 2.24. The van der Waals surface area contributed by atoms with E-state index in [1.165, 1.54) is 35.0 Å². The highest BCUT2D eigenvalue weighted by Crippen LogP contribution is 2.31. The molecule has 0 amide bonds. The van der Waals surface area contributed by atoms with Gasteiger partial charge in [0.25, 0.3) is 0 Å². The van der Waals surface area contributed by atoms with Gasteiger partial charge in [0.2, 0.25) is 0 Å². The van der Waals surface area contributed by atoms with Gasteiger partial charge < -0.3 is 5.32 Å². The highest BCUT2D eigenvalue weighted by atomic mass is 79.9. The van der Waals surface area contributed by atoms with Crippen molar-refractivity contribution in [2.24, 2.45) is 11.8 Å². The SMILES string of the molecule is Cc1cc(NC2CCC(C)CC2C)ccc1Br. The van der Waals surface area contributed by atoms with E-state index in [2.05, 4.69) is 60.2 Å². The average molecular weight is 296 g/mol. The summed E-state index contributed by atoms with van der Waals surface area (Å²) < 4.78 is 1.19. The zero-order valence-electron chi connectivity index (χ0n) is 11.0. The maximum Gasteiger partial charge on any atom is 0.0345 e. The number of benzene rings is 1. The van der Waals surface area contributed by atoms with Gasteiger partial charge in [-0.1, -0.05) is 29.8 Å². The van der Waals surface area contributed by atoms with Crippen LogP contribution in [0.1, 0.15) is 38.7 Å². The molecule has 1 aromatic rings. The molecule has 1 N–H and O–H groups in total. The van der Waals surface area contributed by atoms with Crippen LogP contribution in [-0.4, -0.2) is 6.04 Å². The molecular weight excluding hydrogens is 274 g/mol. The molecule has 1 aliphatic rings. The first kappa shape index (κ1) is 12.9. The van der Waals surface area contributed by atoms with Gasteiger partial charge in [0, 0.05) is 16.2 Å². The van der Waals surface area contributed by atoms with Crippen LogP contribution in [0.25, 0.3) is 0 Å². The molecule has 2 heteroatoms. The van der Waals surface area contributed by atoms with Crippen molar-refractivity contribution in [3.63, 3.8) is 0 Å². The molecule has 1 aromatic carbocycles. The quantitative estimate of drug-likeness (QED) is 0.810. The van der Waals surface area contributed by atoms with Crippen LogP contribution in [0.4, 0.5) is 5.69 Å². The van der Waals surface area contributed by atoms with Crippen molar-refractivity contribution >= 4 is 21.6 Å². The van der Waals surface area contributed by atoms with Crippen LogP contribution >= 0.6 is 15.9 Å². The second-order valence-electron chi connectivity index (χ2n) is 5.61. The number of nitrogens with one attached hydrogen (secondary N) is 1. The molecule has 0 heterocycles. The molecule has 3 unspecified atom stereocenters. The molecule has 0 bridgehead atoms. The number of hydrogen-bond acceptors (Lipinski definition) is 1. The van der Waals surface area contributed by atoms with Gasteiger partial charge in [-0.3, -0.25) is 0 Å². The Morgan fingerprint density at radius 3 is 2.65 bits per heavy atom. The molecule has 1 nitrogen and oxygen atoms in total. The molecule has 0 radical (unpaired) electrons. The highest BCUT2D eigenvalue weighted by molar-refractivity contribution is 9.10. The molecule has 0 aromatic heterocycles. The first-order valence-electron chi connectivity index (χ1n) is 6.59. The molecular formula is C15H22BrN. The summed E-state index contributed by atoms with van der Waals surface area (Å²) in [6.07, 6.45) is 4.02. The van der Waals surface area contributed by atoms with Gasteiger partial charge in [-0.15, -0.1) is 0 Å². The molecule has 1 saturated carbocycles. The van der Waals surface area contributed by atoms with Gasteiger partial charge >= 0.3 is 0 Å². The monoisotopic (exact) mass is 295 g/mol. The Kier molecular flexibility index (Phi) is 4.13. The lowest BCUT2D eigenvalue weighted by Crippen LogP contribution is -2.32. The molecule has 1 fully saturated rings. The Balaban J connectivity index is 2.02. The largest absolute Gasteiger partial charge is 0.382 e. The zero-order chi connectivity index (χ0) is 12.4. The van der Waals surface area contributed by atoms with Crippen LogP contribution in [0.3, 0.4) is 0 Å². The van der Waals surface area contributed by atoms with Gasteiger partial charge in [-0.2, -0.15) is 0 Å². The Bertz CT molecular complexity index is 389. The normalized spacial score (nSPS) is 29.1. The fraction of sp³-hybridized carbons (Fsp3) is 0.600. The van der Waals surface area contributed by atoms with Crippen molar-refractivity contribution < 1.29 is 0 Å². The van der Waals surface area contributed by atoms with Crippen molar-refractivity contribution in [1.82, 2.24) is 0 Å². The maximum absolute atomic E-state index is 3.70. The minimum absolute atomic E-state index is 0.645. The topological polar surface area (TPSA) is 12.0 Å². The Morgan fingerprint density at radius 2 is 2.00 bits per heavy atom.